The fraction of sp³-hybridized carbons (Fsp3) is 0.333. The topological polar surface area (TPSA) is 78.9 Å². The molecule has 0 aliphatic heterocycles. The first-order valence-corrected chi connectivity index (χ1v) is 8.87. The van der Waals surface area contributed by atoms with Gasteiger partial charge in [-0.25, -0.2) is 5.48 Å². The number of hydroxylamine groups is 1. The van der Waals surface area contributed by atoms with Gasteiger partial charge in [-0.05, 0) is 29.2 Å². The number of benzene rings is 2. The number of nitrogens with zero attached hydrogens (tertiary/aromatic N) is 1. The second kappa shape index (κ2) is 9.73. The Hall–Kier alpha value is -2.86. The van der Waals surface area contributed by atoms with Crippen LogP contribution < -0.4 is 10.2 Å². The standard InChI is InChI=1S/C21H26N2O4/c1-15(2)20(21(25)22-26)23(3)19(24)13-16-9-11-18(12-10-16)27-14-17-7-5-4-6-8-17/h4-12,15,20,26H,13-14H2,1-3H3,(H,22,25)/t20-/m1/s1. The lowest BCUT2D eigenvalue weighted by Crippen LogP contribution is -2.50. The Balaban J connectivity index is 1.94. The number of hydrogen-bond donors (Lipinski definition) is 2. The molecule has 0 heterocycles. The molecule has 0 fully saturated rings. The lowest BCUT2D eigenvalue weighted by atomic mass is 10.0. The quantitative estimate of drug-likeness (QED) is 0.553. The minimum atomic E-state index is -0.726. The number of hydrogen-bond acceptors (Lipinski definition) is 4. The van der Waals surface area contributed by atoms with Crippen LogP contribution in [0.3, 0.4) is 0 Å². The van der Waals surface area contributed by atoms with Gasteiger partial charge < -0.3 is 9.64 Å². The van der Waals surface area contributed by atoms with Crippen molar-refractivity contribution in [3.05, 3.63) is 65.7 Å². The Labute approximate surface area is 159 Å². The SMILES string of the molecule is CC(C)[C@H](C(=O)NO)N(C)C(=O)Cc1ccc(OCc2ccccc2)cc1. The van der Waals surface area contributed by atoms with Gasteiger partial charge in [-0.2, -0.15) is 0 Å². The minimum Gasteiger partial charge on any atom is -0.489 e. The highest BCUT2D eigenvalue weighted by atomic mass is 16.5. The van der Waals surface area contributed by atoms with E-state index in [1.807, 2.05) is 68.4 Å². The van der Waals surface area contributed by atoms with Gasteiger partial charge in [0.15, 0.2) is 0 Å². The van der Waals surface area contributed by atoms with Gasteiger partial charge in [0.05, 0.1) is 6.42 Å². The van der Waals surface area contributed by atoms with E-state index in [4.69, 9.17) is 9.94 Å². The molecule has 2 rings (SSSR count). The number of carbonyl (C=O) groups is 2. The summed E-state index contributed by atoms with van der Waals surface area (Å²) in [6.07, 6.45) is 0.164. The van der Waals surface area contributed by atoms with Gasteiger partial charge >= 0.3 is 0 Å². The first-order chi connectivity index (χ1) is 12.9. The zero-order valence-electron chi connectivity index (χ0n) is 15.9. The molecule has 0 aliphatic carbocycles. The molecule has 0 radical (unpaired) electrons. The lowest BCUT2D eigenvalue weighted by Gasteiger charge is -2.29. The Kier molecular flexibility index (Phi) is 7.37. The number of amides is 2. The number of ether oxygens (including phenoxy) is 1. The maximum Gasteiger partial charge on any atom is 0.266 e. The number of likely N-dealkylation sites (N-methyl/N-ethyl adjacent to an activating group) is 1. The minimum absolute atomic E-state index is 0.125. The van der Waals surface area contributed by atoms with Crippen molar-refractivity contribution >= 4 is 11.8 Å². The third-order valence-electron chi connectivity index (χ3n) is 4.35. The Morgan fingerprint density at radius 2 is 1.67 bits per heavy atom. The van der Waals surface area contributed by atoms with E-state index in [0.29, 0.717) is 6.61 Å². The second-order valence-electron chi connectivity index (χ2n) is 6.76. The first-order valence-electron chi connectivity index (χ1n) is 8.87. The summed E-state index contributed by atoms with van der Waals surface area (Å²) >= 11 is 0. The summed E-state index contributed by atoms with van der Waals surface area (Å²) < 4.78 is 5.74. The van der Waals surface area contributed by atoms with Gasteiger partial charge in [0, 0.05) is 7.05 Å². The molecule has 0 unspecified atom stereocenters. The average molecular weight is 370 g/mol. The fourth-order valence-corrected chi connectivity index (χ4v) is 2.89. The van der Waals surface area contributed by atoms with Gasteiger partial charge in [-0.3, -0.25) is 14.8 Å². The third kappa shape index (κ3) is 5.82. The van der Waals surface area contributed by atoms with E-state index in [0.717, 1.165) is 16.9 Å². The van der Waals surface area contributed by atoms with Gasteiger partial charge in [0.2, 0.25) is 5.91 Å². The van der Waals surface area contributed by atoms with Crippen LogP contribution in [-0.2, 0) is 22.6 Å². The molecule has 27 heavy (non-hydrogen) atoms. The van der Waals surface area contributed by atoms with Gasteiger partial charge in [-0.1, -0.05) is 56.3 Å². The molecule has 0 aliphatic rings. The summed E-state index contributed by atoms with van der Waals surface area (Å²) in [5.74, 6) is -0.191. The Morgan fingerprint density at radius 3 is 2.22 bits per heavy atom. The van der Waals surface area contributed by atoms with Crippen molar-refractivity contribution in [3.63, 3.8) is 0 Å². The molecule has 2 N–H and O–H groups in total. The highest BCUT2D eigenvalue weighted by Crippen LogP contribution is 2.16. The molecule has 144 valence electrons. The van der Waals surface area contributed by atoms with Crippen molar-refractivity contribution in [3.8, 4) is 5.75 Å². The molecular weight excluding hydrogens is 344 g/mol. The molecule has 2 aromatic rings. The van der Waals surface area contributed by atoms with Gasteiger partial charge in [0.25, 0.3) is 5.91 Å². The normalized spacial score (nSPS) is 11.7. The predicted molar refractivity (Wildman–Crippen MR) is 102 cm³/mol. The molecule has 0 saturated carbocycles. The highest BCUT2D eigenvalue weighted by Gasteiger charge is 2.29. The smallest absolute Gasteiger partial charge is 0.266 e. The van der Waals surface area contributed by atoms with Crippen LogP contribution in [0.15, 0.2) is 54.6 Å². The van der Waals surface area contributed by atoms with Crippen LogP contribution in [-0.4, -0.2) is 35.0 Å². The van der Waals surface area contributed by atoms with Crippen molar-refractivity contribution in [2.24, 2.45) is 5.92 Å². The predicted octanol–water partition coefficient (Wildman–Crippen LogP) is 2.80. The summed E-state index contributed by atoms with van der Waals surface area (Å²) in [5, 5.41) is 8.89. The molecule has 2 amide bonds. The second-order valence-corrected chi connectivity index (χ2v) is 6.76. The molecule has 6 nitrogen and oxygen atoms in total. The lowest BCUT2D eigenvalue weighted by molar-refractivity contribution is -0.144. The van der Waals surface area contributed by atoms with E-state index in [1.165, 1.54) is 4.90 Å². The van der Waals surface area contributed by atoms with Crippen LogP contribution in [0.25, 0.3) is 0 Å². The van der Waals surface area contributed by atoms with E-state index < -0.39 is 11.9 Å². The summed E-state index contributed by atoms with van der Waals surface area (Å²) in [5.41, 5.74) is 3.54. The van der Waals surface area contributed by atoms with Crippen LogP contribution in [0.2, 0.25) is 0 Å². The first kappa shape index (κ1) is 20.5. The summed E-state index contributed by atoms with van der Waals surface area (Å²) in [6, 6.07) is 16.5. The Bertz CT molecular complexity index is 745. The molecular formula is C21H26N2O4. The molecule has 0 bridgehead atoms. The monoisotopic (exact) mass is 370 g/mol. The fourth-order valence-electron chi connectivity index (χ4n) is 2.89. The average Bonchev–Trinajstić information content (AvgIpc) is 2.67. The molecule has 0 spiro atoms. The van der Waals surface area contributed by atoms with E-state index in [-0.39, 0.29) is 18.2 Å². The largest absolute Gasteiger partial charge is 0.489 e. The molecule has 2 aromatic carbocycles. The highest BCUT2D eigenvalue weighted by molar-refractivity contribution is 5.87. The molecule has 6 heteroatoms. The summed E-state index contributed by atoms with van der Waals surface area (Å²) in [4.78, 5) is 25.7. The van der Waals surface area contributed by atoms with Crippen LogP contribution >= 0.6 is 0 Å². The van der Waals surface area contributed by atoms with E-state index in [1.54, 1.807) is 12.5 Å². The van der Waals surface area contributed by atoms with Crippen LogP contribution in [0.1, 0.15) is 25.0 Å². The number of carbonyl (C=O) groups excluding carboxylic acids is 2. The third-order valence-corrected chi connectivity index (χ3v) is 4.35. The Morgan fingerprint density at radius 1 is 1.04 bits per heavy atom. The maximum absolute atomic E-state index is 12.5. The van der Waals surface area contributed by atoms with Crippen molar-refractivity contribution in [2.45, 2.75) is 32.9 Å². The van der Waals surface area contributed by atoms with Crippen LogP contribution in [0, 0.1) is 5.92 Å². The zero-order chi connectivity index (χ0) is 19.8. The number of nitrogens with one attached hydrogen (secondary N) is 1. The van der Waals surface area contributed by atoms with Crippen LogP contribution in [0.5, 0.6) is 5.75 Å². The molecule has 0 aromatic heterocycles. The van der Waals surface area contributed by atoms with Gasteiger partial charge in [-0.15, -0.1) is 0 Å². The molecule has 0 saturated heterocycles. The summed E-state index contributed by atoms with van der Waals surface area (Å²) in [7, 11) is 1.57. The van der Waals surface area contributed by atoms with E-state index in [9.17, 15) is 9.59 Å². The maximum atomic E-state index is 12.5. The molecule has 1 atom stereocenters. The zero-order valence-corrected chi connectivity index (χ0v) is 15.9. The van der Waals surface area contributed by atoms with Crippen molar-refractivity contribution in [1.82, 2.24) is 10.4 Å². The van der Waals surface area contributed by atoms with Crippen molar-refractivity contribution < 1.29 is 19.5 Å². The van der Waals surface area contributed by atoms with E-state index in [2.05, 4.69) is 0 Å². The number of rotatable bonds is 8. The summed E-state index contributed by atoms with van der Waals surface area (Å²) in [6.45, 7) is 4.12. The van der Waals surface area contributed by atoms with Crippen LogP contribution in [0.4, 0.5) is 0 Å². The van der Waals surface area contributed by atoms with Crippen molar-refractivity contribution in [1.29, 1.82) is 0 Å². The van der Waals surface area contributed by atoms with Gasteiger partial charge in [0.1, 0.15) is 18.4 Å². The van der Waals surface area contributed by atoms with E-state index >= 15 is 0 Å². The van der Waals surface area contributed by atoms with Crippen molar-refractivity contribution in [2.75, 3.05) is 7.05 Å².